The first-order valence-corrected chi connectivity index (χ1v) is 3.63. The van der Waals surface area contributed by atoms with Gasteiger partial charge in [0.15, 0.2) is 0 Å². The van der Waals surface area contributed by atoms with Crippen LogP contribution in [0.1, 0.15) is 6.42 Å². The maximum Gasteiger partial charge on any atom is 0.434 e. The number of hydrogen-bond acceptors (Lipinski definition) is 3. The van der Waals surface area contributed by atoms with Crippen LogP contribution in [0.4, 0.5) is 4.79 Å². The molecular formula is C7H9NO3. The summed E-state index contributed by atoms with van der Waals surface area (Å²) in [5.41, 5.74) is 0. The van der Waals surface area contributed by atoms with Crippen LogP contribution in [0.2, 0.25) is 0 Å². The van der Waals surface area contributed by atoms with Crippen LogP contribution in [0.3, 0.4) is 0 Å². The summed E-state index contributed by atoms with van der Waals surface area (Å²) in [4.78, 5) is 16.0. The third-order valence-corrected chi connectivity index (χ3v) is 1.79. The highest BCUT2D eigenvalue weighted by Crippen LogP contribution is 2.17. The van der Waals surface area contributed by atoms with Gasteiger partial charge in [0.05, 0.1) is 19.3 Å². The number of carbonyl (C=O) groups is 1. The molecule has 1 saturated heterocycles. The normalized spacial score (nSPS) is 29.6. The van der Waals surface area contributed by atoms with Crippen molar-refractivity contribution in [2.75, 3.05) is 13.2 Å². The zero-order valence-electron chi connectivity index (χ0n) is 6.03. The highest BCUT2D eigenvalue weighted by Gasteiger charge is 2.30. The lowest BCUT2D eigenvalue weighted by atomic mass is 10.1. The van der Waals surface area contributed by atoms with Crippen molar-refractivity contribution in [1.82, 2.24) is 5.06 Å². The molecule has 0 aromatic heterocycles. The molecule has 0 spiro atoms. The fourth-order valence-electron chi connectivity index (χ4n) is 1.24. The van der Waals surface area contributed by atoms with E-state index in [9.17, 15) is 4.79 Å². The van der Waals surface area contributed by atoms with Gasteiger partial charge in [-0.2, -0.15) is 5.06 Å². The fraction of sp³-hybridized carbons (Fsp3) is 0.571. The number of hydroxylamine groups is 2. The van der Waals surface area contributed by atoms with Crippen molar-refractivity contribution in [3.8, 4) is 0 Å². The van der Waals surface area contributed by atoms with Crippen LogP contribution in [-0.2, 0) is 9.57 Å². The topological polar surface area (TPSA) is 38.8 Å². The molecule has 2 aliphatic heterocycles. The van der Waals surface area contributed by atoms with E-state index < -0.39 is 0 Å². The average Bonchev–Trinajstić information content (AvgIpc) is 2.06. The van der Waals surface area contributed by atoms with Crippen molar-refractivity contribution >= 4 is 6.09 Å². The lowest BCUT2D eigenvalue weighted by Crippen LogP contribution is -2.46. The van der Waals surface area contributed by atoms with Gasteiger partial charge in [0.25, 0.3) is 0 Å². The third-order valence-electron chi connectivity index (χ3n) is 1.79. The fourth-order valence-corrected chi connectivity index (χ4v) is 1.24. The molecule has 0 aromatic rings. The van der Waals surface area contributed by atoms with E-state index >= 15 is 0 Å². The predicted octanol–water partition coefficient (Wildman–Crippen LogP) is 0.699. The number of rotatable bonds is 0. The van der Waals surface area contributed by atoms with E-state index in [1.807, 2.05) is 12.2 Å². The number of cyclic esters (lactones) is 1. The second-order valence-electron chi connectivity index (χ2n) is 2.52. The Balaban J connectivity index is 2.15. The van der Waals surface area contributed by atoms with E-state index in [1.165, 1.54) is 5.06 Å². The Hall–Kier alpha value is -1.03. The van der Waals surface area contributed by atoms with Gasteiger partial charge in [-0.15, -0.1) is 0 Å². The largest absolute Gasteiger partial charge is 0.448 e. The molecule has 0 aliphatic carbocycles. The van der Waals surface area contributed by atoms with Gasteiger partial charge in [0.1, 0.15) is 0 Å². The molecule has 60 valence electrons. The van der Waals surface area contributed by atoms with Gasteiger partial charge >= 0.3 is 6.09 Å². The lowest BCUT2D eigenvalue weighted by molar-refractivity contribution is -0.167. The second kappa shape index (κ2) is 2.54. The van der Waals surface area contributed by atoms with E-state index in [0.29, 0.717) is 13.2 Å². The number of carbonyl (C=O) groups excluding carboxylic acids is 1. The zero-order chi connectivity index (χ0) is 7.68. The second-order valence-corrected chi connectivity index (χ2v) is 2.52. The first-order valence-electron chi connectivity index (χ1n) is 3.63. The maximum atomic E-state index is 11.0. The van der Waals surface area contributed by atoms with Crippen LogP contribution in [0, 0.1) is 0 Å². The summed E-state index contributed by atoms with van der Waals surface area (Å²) in [5, 5.41) is 1.30. The van der Waals surface area contributed by atoms with Gasteiger partial charge in [-0.3, -0.25) is 4.84 Å². The molecule has 0 radical (unpaired) electrons. The highest BCUT2D eigenvalue weighted by atomic mass is 16.7. The van der Waals surface area contributed by atoms with Gasteiger partial charge in [-0.25, -0.2) is 4.79 Å². The Morgan fingerprint density at radius 3 is 3.36 bits per heavy atom. The maximum absolute atomic E-state index is 11.0. The van der Waals surface area contributed by atoms with Crippen LogP contribution >= 0.6 is 0 Å². The molecule has 0 bridgehead atoms. The molecule has 1 atom stereocenters. The SMILES string of the molecule is O=C1OCCC2C=CCON12. The lowest BCUT2D eigenvalue weighted by Gasteiger charge is -2.33. The molecule has 0 aromatic carbocycles. The predicted molar refractivity (Wildman–Crippen MR) is 36.7 cm³/mol. The Bertz CT molecular complexity index is 202. The molecule has 1 fully saturated rings. The molecule has 4 heteroatoms. The van der Waals surface area contributed by atoms with Gasteiger partial charge in [0, 0.05) is 6.42 Å². The molecule has 1 amide bonds. The first kappa shape index (κ1) is 6.67. The Morgan fingerprint density at radius 2 is 2.55 bits per heavy atom. The van der Waals surface area contributed by atoms with Crippen LogP contribution < -0.4 is 0 Å². The number of hydrogen-bond donors (Lipinski definition) is 0. The first-order chi connectivity index (χ1) is 5.38. The summed E-state index contributed by atoms with van der Waals surface area (Å²) in [6, 6.07) is 0.0880. The Labute approximate surface area is 64.3 Å². The molecule has 2 aliphatic rings. The standard InChI is InChI=1S/C7H9NO3/c9-7-8-6(3-5-10-7)2-1-4-11-8/h1-2,6H,3-5H2. The van der Waals surface area contributed by atoms with E-state index in [2.05, 4.69) is 0 Å². The number of fused-ring (bicyclic) bond motifs is 1. The third kappa shape index (κ3) is 1.09. The molecule has 1 unspecified atom stereocenters. The molecule has 4 nitrogen and oxygen atoms in total. The smallest absolute Gasteiger partial charge is 0.434 e. The van der Waals surface area contributed by atoms with Crippen LogP contribution in [0.25, 0.3) is 0 Å². The zero-order valence-corrected chi connectivity index (χ0v) is 6.03. The Kier molecular flexibility index (Phi) is 1.54. The van der Waals surface area contributed by atoms with E-state index in [1.54, 1.807) is 0 Å². The van der Waals surface area contributed by atoms with Crippen molar-refractivity contribution in [1.29, 1.82) is 0 Å². The summed E-state index contributed by atoms with van der Waals surface area (Å²) in [5.74, 6) is 0. The number of nitrogens with zero attached hydrogens (tertiary/aromatic N) is 1. The van der Waals surface area contributed by atoms with Crippen molar-refractivity contribution in [2.45, 2.75) is 12.5 Å². The van der Waals surface area contributed by atoms with E-state index in [4.69, 9.17) is 9.57 Å². The van der Waals surface area contributed by atoms with Crippen molar-refractivity contribution < 1.29 is 14.4 Å². The number of ether oxygens (including phenoxy) is 1. The monoisotopic (exact) mass is 155 g/mol. The average molecular weight is 155 g/mol. The molecule has 0 N–H and O–H groups in total. The quantitative estimate of drug-likeness (QED) is 0.483. The minimum Gasteiger partial charge on any atom is -0.448 e. The summed E-state index contributed by atoms with van der Waals surface area (Å²) < 4.78 is 4.78. The summed E-state index contributed by atoms with van der Waals surface area (Å²) in [6.07, 6.45) is 4.34. The van der Waals surface area contributed by atoms with Gasteiger partial charge in [-0.05, 0) is 0 Å². The van der Waals surface area contributed by atoms with Gasteiger partial charge in [-0.1, -0.05) is 12.2 Å². The molecular weight excluding hydrogens is 146 g/mol. The van der Waals surface area contributed by atoms with Gasteiger partial charge in [0.2, 0.25) is 0 Å². The van der Waals surface area contributed by atoms with Crippen LogP contribution in [0.5, 0.6) is 0 Å². The Morgan fingerprint density at radius 1 is 1.64 bits per heavy atom. The number of amides is 1. The minimum atomic E-state index is -0.370. The van der Waals surface area contributed by atoms with Crippen molar-refractivity contribution in [2.24, 2.45) is 0 Å². The van der Waals surface area contributed by atoms with E-state index in [-0.39, 0.29) is 12.1 Å². The summed E-state index contributed by atoms with van der Waals surface area (Å²) in [7, 11) is 0. The highest BCUT2D eigenvalue weighted by molar-refractivity contribution is 5.67. The molecule has 2 heterocycles. The van der Waals surface area contributed by atoms with Crippen molar-refractivity contribution in [3.05, 3.63) is 12.2 Å². The van der Waals surface area contributed by atoms with Crippen molar-refractivity contribution in [3.63, 3.8) is 0 Å². The van der Waals surface area contributed by atoms with Gasteiger partial charge < -0.3 is 4.74 Å². The van der Waals surface area contributed by atoms with Crippen LogP contribution in [0.15, 0.2) is 12.2 Å². The van der Waals surface area contributed by atoms with E-state index in [0.717, 1.165) is 6.42 Å². The minimum absolute atomic E-state index is 0.0880. The van der Waals surface area contributed by atoms with Crippen LogP contribution in [-0.4, -0.2) is 30.4 Å². The summed E-state index contributed by atoms with van der Waals surface area (Å²) >= 11 is 0. The molecule has 0 saturated carbocycles. The summed E-state index contributed by atoms with van der Waals surface area (Å²) in [6.45, 7) is 0.958. The molecule has 2 rings (SSSR count). The molecule has 11 heavy (non-hydrogen) atoms.